The summed E-state index contributed by atoms with van der Waals surface area (Å²) >= 11 is 6.24. The summed E-state index contributed by atoms with van der Waals surface area (Å²) in [7, 11) is 4.95. The molecule has 114 valence electrons. The molecule has 0 atom stereocenters. The van der Waals surface area contributed by atoms with Crippen LogP contribution in [-0.4, -0.2) is 41.0 Å². The molecule has 0 aliphatic carbocycles. The van der Waals surface area contributed by atoms with Gasteiger partial charge in [0.1, 0.15) is 16.5 Å². The van der Waals surface area contributed by atoms with E-state index in [0.717, 1.165) is 50.3 Å². The average molecular weight is 302 g/mol. The Balaban J connectivity index is 2.42. The predicted molar refractivity (Wildman–Crippen MR) is 82.2 cm³/mol. The van der Waals surface area contributed by atoms with Crippen LogP contribution in [0.25, 0.3) is 0 Å². The first-order valence-corrected chi connectivity index (χ1v) is 7.21. The summed E-state index contributed by atoms with van der Waals surface area (Å²) in [5.41, 5.74) is 1.12. The van der Waals surface area contributed by atoms with Crippen molar-refractivity contribution in [3.63, 3.8) is 0 Å². The molecule has 0 bridgehead atoms. The van der Waals surface area contributed by atoms with Gasteiger partial charge in [0, 0.05) is 13.7 Å². The molecule has 0 aliphatic rings. The average Bonchev–Trinajstić information content (AvgIpc) is 2.46. The maximum atomic E-state index is 6.24. The summed E-state index contributed by atoms with van der Waals surface area (Å²) in [5, 5.41) is 3.88. The Morgan fingerprint density at radius 1 is 1.05 bits per heavy atom. The zero-order valence-corrected chi connectivity index (χ0v) is 13.3. The molecule has 1 rings (SSSR count). The summed E-state index contributed by atoms with van der Waals surface area (Å²) < 4.78 is 15.6. The molecule has 1 N–H and O–H groups in total. The van der Waals surface area contributed by atoms with Gasteiger partial charge >= 0.3 is 0 Å². The summed E-state index contributed by atoms with van der Waals surface area (Å²) in [6.45, 7) is 2.64. The van der Waals surface area contributed by atoms with Crippen molar-refractivity contribution in [1.82, 2.24) is 5.32 Å². The first kappa shape index (κ1) is 17.1. The van der Waals surface area contributed by atoms with Crippen LogP contribution in [0.5, 0.6) is 11.5 Å². The van der Waals surface area contributed by atoms with Gasteiger partial charge in [0.2, 0.25) is 0 Å². The SMILES string of the molecule is COCCNCCCCc1ccc(OC)c(Cl)c1OC. The van der Waals surface area contributed by atoms with E-state index in [9.17, 15) is 0 Å². The van der Waals surface area contributed by atoms with Crippen LogP contribution in [0.4, 0.5) is 0 Å². The zero-order valence-electron chi connectivity index (χ0n) is 12.5. The standard InChI is InChI=1S/C15H24ClNO3/c1-18-11-10-17-9-5-4-6-12-7-8-13(19-2)14(16)15(12)20-3/h7-8,17H,4-6,9-11H2,1-3H3. The van der Waals surface area contributed by atoms with Crippen molar-refractivity contribution in [2.45, 2.75) is 19.3 Å². The molecule has 20 heavy (non-hydrogen) atoms. The molecule has 4 nitrogen and oxygen atoms in total. The van der Waals surface area contributed by atoms with Crippen LogP contribution in [0, 0.1) is 0 Å². The second-order valence-electron chi connectivity index (χ2n) is 4.47. The van der Waals surface area contributed by atoms with Crippen LogP contribution in [0.15, 0.2) is 12.1 Å². The molecule has 0 aromatic heterocycles. The Kier molecular flexibility index (Phi) is 8.42. The van der Waals surface area contributed by atoms with Gasteiger partial charge in [-0.1, -0.05) is 17.7 Å². The van der Waals surface area contributed by atoms with Gasteiger partial charge in [-0.3, -0.25) is 0 Å². The highest BCUT2D eigenvalue weighted by molar-refractivity contribution is 6.33. The Bertz CT molecular complexity index is 399. The van der Waals surface area contributed by atoms with Gasteiger partial charge in [-0.25, -0.2) is 0 Å². The maximum absolute atomic E-state index is 6.24. The topological polar surface area (TPSA) is 39.7 Å². The van der Waals surface area contributed by atoms with Gasteiger partial charge in [-0.05, 0) is 37.4 Å². The number of hydrogen-bond donors (Lipinski definition) is 1. The highest BCUT2D eigenvalue weighted by atomic mass is 35.5. The molecule has 0 amide bonds. The van der Waals surface area contributed by atoms with Crippen molar-refractivity contribution in [3.05, 3.63) is 22.7 Å². The minimum absolute atomic E-state index is 0.547. The molecule has 0 saturated heterocycles. The van der Waals surface area contributed by atoms with Crippen molar-refractivity contribution < 1.29 is 14.2 Å². The monoisotopic (exact) mass is 301 g/mol. The molecule has 0 radical (unpaired) electrons. The van der Waals surface area contributed by atoms with E-state index in [0.29, 0.717) is 10.8 Å². The summed E-state index contributed by atoms with van der Waals surface area (Å²) in [6, 6.07) is 3.90. The second kappa shape index (κ2) is 9.86. The summed E-state index contributed by atoms with van der Waals surface area (Å²) in [6.07, 6.45) is 3.13. The van der Waals surface area contributed by atoms with E-state index in [1.54, 1.807) is 21.3 Å². The molecular weight excluding hydrogens is 278 g/mol. The Labute approximate surface area is 126 Å². The van der Waals surface area contributed by atoms with Crippen molar-refractivity contribution in [2.24, 2.45) is 0 Å². The van der Waals surface area contributed by atoms with E-state index in [4.69, 9.17) is 25.8 Å². The van der Waals surface area contributed by atoms with E-state index >= 15 is 0 Å². The van der Waals surface area contributed by atoms with Crippen molar-refractivity contribution in [2.75, 3.05) is 41.0 Å². The molecule has 0 heterocycles. The molecule has 0 saturated carbocycles. The van der Waals surface area contributed by atoms with Crippen molar-refractivity contribution >= 4 is 11.6 Å². The fourth-order valence-corrected chi connectivity index (χ4v) is 2.36. The fourth-order valence-electron chi connectivity index (χ4n) is 2.02. The lowest BCUT2D eigenvalue weighted by atomic mass is 10.1. The molecule has 0 aliphatic heterocycles. The Morgan fingerprint density at radius 2 is 1.85 bits per heavy atom. The highest BCUT2D eigenvalue weighted by Gasteiger charge is 2.12. The summed E-state index contributed by atoms with van der Waals surface area (Å²) in [4.78, 5) is 0. The molecule has 0 unspecified atom stereocenters. The van der Waals surface area contributed by atoms with Gasteiger partial charge in [-0.2, -0.15) is 0 Å². The smallest absolute Gasteiger partial charge is 0.144 e. The Morgan fingerprint density at radius 3 is 2.50 bits per heavy atom. The quantitative estimate of drug-likeness (QED) is 0.675. The molecule has 5 heteroatoms. The zero-order chi connectivity index (χ0) is 14.8. The van der Waals surface area contributed by atoms with E-state index in [1.165, 1.54) is 0 Å². The first-order chi connectivity index (χ1) is 9.74. The lowest BCUT2D eigenvalue weighted by Crippen LogP contribution is -2.20. The van der Waals surface area contributed by atoms with Crippen molar-refractivity contribution in [1.29, 1.82) is 0 Å². The number of rotatable bonds is 10. The number of unbranched alkanes of at least 4 members (excludes halogenated alkanes) is 1. The number of halogens is 1. The number of benzene rings is 1. The maximum Gasteiger partial charge on any atom is 0.144 e. The van der Waals surface area contributed by atoms with Crippen LogP contribution in [0.1, 0.15) is 18.4 Å². The van der Waals surface area contributed by atoms with Crippen LogP contribution in [0.2, 0.25) is 5.02 Å². The molecule has 1 aromatic rings. The molecule has 0 fully saturated rings. The molecule has 0 spiro atoms. The van der Waals surface area contributed by atoms with Crippen LogP contribution in [0.3, 0.4) is 0 Å². The predicted octanol–water partition coefficient (Wildman–Crippen LogP) is 2.92. The minimum atomic E-state index is 0.547. The second-order valence-corrected chi connectivity index (χ2v) is 4.85. The van der Waals surface area contributed by atoms with Gasteiger partial charge in [0.05, 0.1) is 20.8 Å². The molecule has 1 aromatic carbocycles. The van der Waals surface area contributed by atoms with E-state index in [-0.39, 0.29) is 0 Å². The third-order valence-electron chi connectivity index (χ3n) is 3.10. The lowest BCUT2D eigenvalue weighted by molar-refractivity contribution is 0.199. The van der Waals surface area contributed by atoms with Crippen molar-refractivity contribution in [3.8, 4) is 11.5 Å². The van der Waals surface area contributed by atoms with Crippen LogP contribution >= 0.6 is 11.6 Å². The largest absolute Gasteiger partial charge is 0.495 e. The normalized spacial score (nSPS) is 10.6. The number of aryl methyl sites for hydroxylation is 1. The summed E-state index contributed by atoms with van der Waals surface area (Å²) in [5.74, 6) is 1.37. The fraction of sp³-hybridized carbons (Fsp3) is 0.600. The van der Waals surface area contributed by atoms with Gasteiger partial charge in [-0.15, -0.1) is 0 Å². The van der Waals surface area contributed by atoms with Crippen LogP contribution in [-0.2, 0) is 11.2 Å². The van der Waals surface area contributed by atoms with E-state index < -0.39 is 0 Å². The van der Waals surface area contributed by atoms with Gasteiger partial charge < -0.3 is 19.5 Å². The number of methoxy groups -OCH3 is 3. The number of hydrogen-bond acceptors (Lipinski definition) is 4. The third kappa shape index (κ3) is 5.19. The third-order valence-corrected chi connectivity index (χ3v) is 3.46. The van der Waals surface area contributed by atoms with Gasteiger partial charge in [0.25, 0.3) is 0 Å². The van der Waals surface area contributed by atoms with E-state index in [2.05, 4.69) is 5.32 Å². The molecular formula is C15H24ClNO3. The Hall–Kier alpha value is -0.970. The first-order valence-electron chi connectivity index (χ1n) is 6.83. The lowest BCUT2D eigenvalue weighted by Gasteiger charge is -2.13. The minimum Gasteiger partial charge on any atom is -0.495 e. The highest BCUT2D eigenvalue weighted by Crippen LogP contribution is 2.37. The number of nitrogens with one attached hydrogen (secondary N) is 1. The number of ether oxygens (including phenoxy) is 3. The van der Waals surface area contributed by atoms with E-state index in [1.807, 2.05) is 12.1 Å². The van der Waals surface area contributed by atoms with Crippen LogP contribution < -0.4 is 14.8 Å². The van der Waals surface area contributed by atoms with Gasteiger partial charge in [0.15, 0.2) is 0 Å².